The minimum absolute atomic E-state index is 0.194. The van der Waals surface area contributed by atoms with Gasteiger partial charge in [0.15, 0.2) is 0 Å². The third-order valence-electron chi connectivity index (χ3n) is 3.30. The number of nitrogens with zero attached hydrogens (tertiary/aromatic N) is 2. The molecule has 20 heavy (non-hydrogen) atoms. The zero-order chi connectivity index (χ0) is 14.5. The summed E-state index contributed by atoms with van der Waals surface area (Å²) in [6, 6.07) is 8.32. The summed E-state index contributed by atoms with van der Waals surface area (Å²) in [7, 11) is 0. The van der Waals surface area contributed by atoms with Crippen molar-refractivity contribution < 1.29 is 0 Å². The second-order valence-corrected chi connectivity index (χ2v) is 6.13. The van der Waals surface area contributed by atoms with Gasteiger partial charge in [0.25, 0.3) is 0 Å². The first-order chi connectivity index (χ1) is 9.63. The van der Waals surface area contributed by atoms with E-state index in [9.17, 15) is 0 Å². The van der Waals surface area contributed by atoms with E-state index >= 15 is 0 Å². The van der Waals surface area contributed by atoms with Crippen LogP contribution in [0.3, 0.4) is 0 Å². The predicted octanol–water partition coefficient (Wildman–Crippen LogP) is 3.63. The van der Waals surface area contributed by atoms with Crippen LogP contribution in [-0.4, -0.2) is 23.0 Å². The number of likely N-dealkylation sites (N-methyl/N-ethyl adjacent to an activating group) is 1. The molecule has 0 amide bonds. The largest absolute Gasteiger partial charge is 0.329 e. The van der Waals surface area contributed by atoms with E-state index < -0.39 is 0 Å². The maximum atomic E-state index is 6.03. The van der Waals surface area contributed by atoms with Gasteiger partial charge in [-0.1, -0.05) is 24.6 Å². The van der Waals surface area contributed by atoms with Gasteiger partial charge >= 0.3 is 0 Å². The Morgan fingerprint density at radius 3 is 2.80 bits per heavy atom. The molecule has 2 heterocycles. The molecule has 108 valence electrons. The number of rotatable bonds is 6. The van der Waals surface area contributed by atoms with Gasteiger partial charge in [-0.05, 0) is 31.7 Å². The Kier molecular flexibility index (Phi) is 5.54. The maximum Gasteiger partial charge on any atom is 0.0568 e. The first kappa shape index (κ1) is 15.4. The van der Waals surface area contributed by atoms with E-state index in [0.29, 0.717) is 6.54 Å². The van der Waals surface area contributed by atoms with Crippen LogP contribution in [-0.2, 0) is 6.54 Å². The molecule has 0 aliphatic rings. The SMILES string of the molecule is CCN(Cc1cccc(C)n1)C(CN)c1cc(Cl)cs1. The number of nitrogens with two attached hydrogens (primary N) is 1. The van der Waals surface area contributed by atoms with Crippen molar-refractivity contribution in [1.29, 1.82) is 0 Å². The van der Waals surface area contributed by atoms with Gasteiger partial charge in [-0.2, -0.15) is 0 Å². The normalized spacial score (nSPS) is 12.8. The smallest absolute Gasteiger partial charge is 0.0568 e. The molecule has 0 aliphatic carbocycles. The van der Waals surface area contributed by atoms with Crippen LogP contribution in [0.5, 0.6) is 0 Å². The molecule has 0 fully saturated rings. The third kappa shape index (κ3) is 3.79. The predicted molar refractivity (Wildman–Crippen MR) is 86.2 cm³/mol. The van der Waals surface area contributed by atoms with E-state index in [0.717, 1.165) is 29.5 Å². The van der Waals surface area contributed by atoms with Crippen LogP contribution in [0.4, 0.5) is 0 Å². The van der Waals surface area contributed by atoms with E-state index in [2.05, 4.69) is 22.9 Å². The molecular formula is C15H20ClN3S. The molecule has 2 aromatic rings. The highest BCUT2D eigenvalue weighted by atomic mass is 35.5. The summed E-state index contributed by atoms with van der Waals surface area (Å²) >= 11 is 7.69. The molecule has 2 N–H and O–H groups in total. The van der Waals surface area contributed by atoms with E-state index in [1.807, 2.05) is 30.5 Å². The Morgan fingerprint density at radius 2 is 2.25 bits per heavy atom. The summed E-state index contributed by atoms with van der Waals surface area (Å²) in [5.41, 5.74) is 8.10. The van der Waals surface area contributed by atoms with Crippen molar-refractivity contribution in [2.75, 3.05) is 13.1 Å². The summed E-state index contributed by atoms with van der Waals surface area (Å²) in [4.78, 5) is 8.12. The van der Waals surface area contributed by atoms with Crippen molar-refractivity contribution in [2.24, 2.45) is 5.73 Å². The van der Waals surface area contributed by atoms with Crippen molar-refractivity contribution in [1.82, 2.24) is 9.88 Å². The van der Waals surface area contributed by atoms with Crippen LogP contribution in [0.1, 0.15) is 29.2 Å². The minimum Gasteiger partial charge on any atom is -0.329 e. The van der Waals surface area contributed by atoms with Gasteiger partial charge in [0.05, 0.1) is 16.8 Å². The Morgan fingerprint density at radius 1 is 1.45 bits per heavy atom. The number of pyridine rings is 1. The fourth-order valence-electron chi connectivity index (χ4n) is 2.29. The topological polar surface area (TPSA) is 42.2 Å². The van der Waals surface area contributed by atoms with Gasteiger partial charge < -0.3 is 5.73 Å². The van der Waals surface area contributed by atoms with Crippen molar-refractivity contribution in [3.63, 3.8) is 0 Å². The molecule has 0 saturated carbocycles. The molecule has 0 aromatic carbocycles. The average molecular weight is 310 g/mol. The first-order valence-corrected chi connectivity index (χ1v) is 8.00. The van der Waals surface area contributed by atoms with Crippen molar-refractivity contribution >= 4 is 22.9 Å². The highest BCUT2D eigenvalue weighted by molar-refractivity contribution is 7.10. The molecule has 2 aromatic heterocycles. The first-order valence-electron chi connectivity index (χ1n) is 6.74. The summed E-state index contributed by atoms with van der Waals surface area (Å²) in [5.74, 6) is 0. The highest BCUT2D eigenvalue weighted by Gasteiger charge is 2.20. The second kappa shape index (κ2) is 7.18. The molecule has 5 heteroatoms. The fraction of sp³-hybridized carbons (Fsp3) is 0.400. The lowest BCUT2D eigenvalue weighted by Gasteiger charge is -2.28. The summed E-state index contributed by atoms with van der Waals surface area (Å²) in [6.07, 6.45) is 0. The number of hydrogen-bond acceptors (Lipinski definition) is 4. The lowest BCUT2D eigenvalue weighted by atomic mass is 10.2. The van der Waals surface area contributed by atoms with Crippen molar-refractivity contribution in [3.05, 3.63) is 50.9 Å². The summed E-state index contributed by atoms with van der Waals surface area (Å²) in [5, 5.41) is 2.74. The number of halogens is 1. The molecule has 3 nitrogen and oxygen atoms in total. The fourth-order valence-corrected chi connectivity index (χ4v) is 3.52. The molecular weight excluding hydrogens is 290 g/mol. The van der Waals surface area contributed by atoms with Crippen LogP contribution in [0.25, 0.3) is 0 Å². The van der Waals surface area contributed by atoms with E-state index in [-0.39, 0.29) is 6.04 Å². The van der Waals surface area contributed by atoms with Gasteiger partial charge in [-0.15, -0.1) is 11.3 Å². The third-order valence-corrected chi connectivity index (χ3v) is 4.68. The highest BCUT2D eigenvalue weighted by Crippen LogP contribution is 2.29. The molecule has 0 spiro atoms. The van der Waals surface area contributed by atoms with E-state index in [4.69, 9.17) is 17.3 Å². The van der Waals surface area contributed by atoms with Gasteiger partial charge in [-0.25, -0.2) is 0 Å². The summed E-state index contributed by atoms with van der Waals surface area (Å²) in [6.45, 7) is 6.46. The van der Waals surface area contributed by atoms with Crippen LogP contribution in [0.2, 0.25) is 5.02 Å². The van der Waals surface area contributed by atoms with Gasteiger partial charge in [0.1, 0.15) is 0 Å². The van der Waals surface area contributed by atoms with E-state index in [1.54, 1.807) is 11.3 Å². The maximum absolute atomic E-state index is 6.03. The molecule has 0 aliphatic heterocycles. The molecule has 2 rings (SSSR count). The van der Waals surface area contributed by atoms with Crippen LogP contribution < -0.4 is 5.73 Å². The Balaban J connectivity index is 2.17. The van der Waals surface area contributed by atoms with Crippen molar-refractivity contribution in [3.8, 4) is 0 Å². The number of thiophene rings is 1. The quantitative estimate of drug-likeness (QED) is 0.886. The van der Waals surface area contributed by atoms with Gasteiger partial charge in [-0.3, -0.25) is 9.88 Å². The number of aryl methyl sites for hydroxylation is 1. The second-order valence-electron chi connectivity index (χ2n) is 4.75. The van der Waals surface area contributed by atoms with Crippen LogP contribution in [0.15, 0.2) is 29.6 Å². The monoisotopic (exact) mass is 309 g/mol. The van der Waals surface area contributed by atoms with Crippen LogP contribution >= 0.6 is 22.9 Å². The van der Waals surface area contributed by atoms with Gasteiger partial charge in [0.2, 0.25) is 0 Å². The Labute approximate surface area is 129 Å². The van der Waals surface area contributed by atoms with Crippen LogP contribution in [0, 0.1) is 6.92 Å². The molecule has 0 bridgehead atoms. The number of aromatic nitrogens is 1. The number of hydrogen-bond donors (Lipinski definition) is 1. The average Bonchev–Trinajstić information content (AvgIpc) is 2.85. The lowest BCUT2D eigenvalue weighted by Crippen LogP contribution is -2.33. The van der Waals surface area contributed by atoms with E-state index in [1.165, 1.54) is 4.88 Å². The molecule has 1 unspecified atom stereocenters. The standard InChI is InChI=1S/C15H20ClN3S/c1-3-19(9-13-6-4-5-11(2)18-13)14(8-17)15-7-12(16)10-20-15/h4-7,10,14H,3,8-9,17H2,1-2H3. The minimum atomic E-state index is 0.194. The summed E-state index contributed by atoms with van der Waals surface area (Å²) < 4.78 is 0. The van der Waals surface area contributed by atoms with Gasteiger partial charge in [0, 0.05) is 29.0 Å². The Hall–Kier alpha value is -0.940. The molecule has 0 saturated heterocycles. The zero-order valence-electron chi connectivity index (χ0n) is 11.8. The lowest BCUT2D eigenvalue weighted by molar-refractivity contribution is 0.204. The zero-order valence-corrected chi connectivity index (χ0v) is 13.4. The molecule has 0 radical (unpaired) electrons. The van der Waals surface area contributed by atoms with Crippen molar-refractivity contribution in [2.45, 2.75) is 26.4 Å². The Bertz CT molecular complexity index is 556. The molecule has 1 atom stereocenters.